The molecule has 0 bridgehead atoms. The van der Waals surface area contributed by atoms with Gasteiger partial charge in [0.15, 0.2) is 0 Å². The molecule has 3 rings (SSSR count). The Morgan fingerprint density at radius 2 is 1.95 bits per heavy atom. The highest BCUT2D eigenvalue weighted by atomic mass is 35.5. The fourth-order valence-corrected chi connectivity index (χ4v) is 2.78. The first-order valence-electron chi connectivity index (χ1n) is 6.91. The summed E-state index contributed by atoms with van der Waals surface area (Å²) in [5.74, 6) is 1.58. The largest absolute Gasteiger partial charge is 0.493 e. The minimum Gasteiger partial charge on any atom is -0.493 e. The predicted molar refractivity (Wildman–Crippen MR) is 84.5 cm³/mol. The Hall–Kier alpha value is -1.67. The van der Waals surface area contributed by atoms with Crippen LogP contribution in [0.4, 0.5) is 11.4 Å². The lowest BCUT2D eigenvalue weighted by Gasteiger charge is -2.26. The fourth-order valence-electron chi connectivity index (χ4n) is 2.60. The Balaban J connectivity index is 1.94. The molecule has 20 heavy (non-hydrogen) atoms. The van der Waals surface area contributed by atoms with E-state index in [2.05, 4.69) is 36.1 Å². The molecule has 3 heteroatoms. The predicted octanol–water partition coefficient (Wildman–Crippen LogP) is 4.99. The summed E-state index contributed by atoms with van der Waals surface area (Å²) in [6.45, 7) is 3.06. The minimum absolute atomic E-state index is 0.573. The van der Waals surface area contributed by atoms with E-state index in [0.29, 0.717) is 5.92 Å². The third-order valence-corrected chi connectivity index (χ3v) is 4.15. The summed E-state index contributed by atoms with van der Waals surface area (Å²) in [7, 11) is 2.04. The van der Waals surface area contributed by atoms with Crippen LogP contribution in [0.25, 0.3) is 0 Å². The zero-order chi connectivity index (χ0) is 14.1. The van der Waals surface area contributed by atoms with Crippen molar-refractivity contribution in [2.45, 2.75) is 19.3 Å². The monoisotopic (exact) mass is 287 g/mol. The van der Waals surface area contributed by atoms with Crippen molar-refractivity contribution >= 4 is 23.0 Å². The first-order chi connectivity index (χ1) is 9.65. The minimum atomic E-state index is 0.573. The number of rotatable bonds is 2. The van der Waals surface area contributed by atoms with Gasteiger partial charge in [0.2, 0.25) is 0 Å². The second-order valence-electron chi connectivity index (χ2n) is 5.30. The molecule has 0 amide bonds. The molecule has 0 spiro atoms. The van der Waals surface area contributed by atoms with Gasteiger partial charge >= 0.3 is 0 Å². The highest BCUT2D eigenvalue weighted by molar-refractivity contribution is 6.30. The van der Waals surface area contributed by atoms with E-state index in [4.69, 9.17) is 16.3 Å². The third-order valence-electron chi connectivity index (χ3n) is 3.92. The Morgan fingerprint density at radius 1 is 1.15 bits per heavy atom. The van der Waals surface area contributed by atoms with Gasteiger partial charge in [-0.1, -0.05) is 30.7 Å². The molecule has 0 aliphatic carbocycles. The summed E-state index contributed by atoms with van der Waals surface area (Å²) >= 11 is 6.06. The molecule has 2 aromatic rings. The van der Waals surface area contributed by atoms with Crippen LogP contribution in [-0.2, 0) is 0 Å². The van der Waals surface area contributed by atoms with E-state index in [9.17, 15) is 0 Å². The molecule has 0 fully saturated rings. The van der Waals surface area contributed by atoms with E-state index in [1.54, 1.807) is 0 Å². The normalized spacial score (nSPS) is 17.2. The molecule has 0 saturated heterocycles. The van der Waals surface area contributed by atoms with E-state index in [0.717, 1.165) is 35.2 Å². The second kappa shape index (κ2) is 5.37. The summed E-state index contributed by atoms with van der Waals surface area (Å²) in [5.41, 5.74) is 3.49. The number of hydrogen-bond acceptors (Lipinski definition) is 2. The Labute approximate surface area is 124 Å². The smallest absolute Gasteiger partial charge is 0.124 e. The van der Waals surface area contributed by atoms with E-state index in [1.165, 1.54) is 5.56 Å². The lowest BCUT2D eigenvalue weighted by Crippen LogP contribution is -2.14. The van der Waals surface area contributed by atoms with Crippen molar-refractivity contribution in [3.05, 3.63) is 53.1 Å². The number of hydrogen-bond donors (Lipinski definition) is 0. The summed E-state index contributed by atoms with van der Waals surface area (Å²) in [6.07, 6.45) is 1.09. The number of nitrogens with zero attached hydrogens (tertiary/aromatic N) is 1. The second-order valence-corrected chi connectivity index (χ2v) is 5.74. The maximum Gasteiger partial charge on any atom is 0.124 e. The van der Waals surface area contributed by atoms with Gasteiger partial charge < -0.3 is 9.64 Å². The first kappa shape index (κ1) is 13.3. The molecule has 0 radical (unpaired) electrons. The molecule has 2 aromatic carbocycles. The first-order valence-corrected chi connectivity index (χ1v) is 7.29. The molecule has 1 heterocycles. The number of halogens is 1. The standard InChI is InChI=1S/C17H18ClNO/c1-12-8-9-20-17-11-15(6-7-16(12)17)19(2)14-5-3-4-13(18)10-14/h3-7,10-12H,8-9H2,1-2H3/t12-/m1/s1. The molecular weight excluding hydrogens is 270 g/mol. The average molecular weight is 288 g/mol. The molecule has 1 aliphatic heterocycles. The fraction of sp³-hybridized carbons (Fsp3) is 0.294. The Kier molecular flexibility index (Phi) is 3.58. The van der Waals surface area contributed by atoms with Crippen molar-refractivity contribution in [1.29, 1.82) is 0 Å². The highest BCUT2D eigenvalue weighted by Crippen LogP contribution is 2.37. The van der Waals surface area contributed by atoms with Crippen LogP contribution in [0.3, 0.4) is 0 Å². The quantitative estimate of drug-likeness (QED) is 0.771. The summed E-state index contributed by atoms with van der Waals surface area (Å²) < 4.78 is 5.79. The van der Waals surface area contributed by atoms with Gasteiger partial charge in [-0.25, -0.2) is 0 Å². The third kappa shape index (κ3) is 2.48. The van der Waals surface area contributed by atoms with E-state index >= 15 is 0 Å². The van der Waals surface area contributed by atoms with Crippen LogP contribution >= 0.6 is 11.6 Å². The number of ether oxygens (including phenoxy) is 1. The Bertz CT molecular complexity index is 626. The van der Waals surface area contributed by atoms with Crippen molar-refractivity contribution in [1.82, 2.24) is 0 Å². The van der Waals surface area contributed by atoms with E-state index in [1.807, 2.05) is 25.2 Å². The van der Waals surface area contributed by atoms with Gasteiger partial charge in [-0.05, 0) is 42.2 Å². The average Bonchev–Trinajstić information content (AvgIpc) is 2.46. The topological polar surface area (TPSA) is 12.5 Å². The van der Waals surface area contributed by atoms with E-state index < -0.39 is 0 Å². The van der Waals surface area contributed by atoms with Crippen LogP contribution in [0.2, 0.25) is 5.02 Å². The zero-order valence-electron chi connectivity index (χ0n) is 11.8. The number of benzene rings is 2. The van der Waals surface area contributed by atoms with Gasteiger partial charge in [0.1, 0.15) is 5.75 Å². The van der Waals surface area contributed by atoms with Crippen LogP contribution < -0.4 is 9.64 Å². The van der Waals surface area contributed by atoms with Crippen molar-refractivity contribution in [2.75, 3.05) is 18.6 Å². The molecule has 2 nitrogen and oxygen atoms in total. The molecule has 0 saturated carbocycles. The number of anilines is 2. The van der Waals surface area contributed by atoms with Crippen LogP contribution in [-0.4, -0.2) is 13.7 Å². The maximum atomic E-state index is 6.06. The molecule has 0 unspecified atom stereocenters. The van der Waals surface area contributed by atoms with E-state index in [-0.39, 0.29) is 0 Å². The van der Waals surface area contributed by atoms with Crippen molar-refractivity contribution in [3.63, 3.8) is 0 Å². The zero-order valence-corrected chi connectivity index (χ0v) is 12.5. The van der Waals surface area contributed by atoms with Crippen LogP contribution in [0.5, 0.6) is 5.75 Å². The van der Waals surface area contributed by atoms with Crippen molar-refractivity contribution in [2.24, 2.45) is 0 Å². The lowest BCUT2D eigenvalue weighted by molar-refractivity contribution is 0.272. The van der Waals surface area contributed by atoms with Crippen LogP contribution in [0.15, 0.2) is 42.5 Å². The molecular formula is C17H18ClNO. The van der Waals surface area contributed by atoms with Crippen molar-refractivity contribution in [3.8, 4) is 5.75 Å². The molecule has 0 N–H and O–H groups in total. The summed E-state index contributed by atoms with van der Waals surface area (Å²) in [5, 5.41) is 0.747. The SMILES string of the molecule is C[C@@H]1CCOc2cc(N(C)c3cccc(Cl)c3)ccc21. The highest BCUT2D eigenvalue weighted by Gasteiger charge is 2.18. The molecule has 0 aromatic heterocycles. The number of fused-ring (bicyclic) bond motifs is 1. The molecule has 104 valence electrons. The van der Waals surface area contributed by atoms with Gasteiger partial charge in [0.25, 0.3) is 0 Å². The van der Waals surface area contributed by atoms with Gasteiger partial charge in [-0.2, -0.15) is 0 Å². The summed E-state index contributed by atoms with van der Waals surface area (Å²) in [6, 6.07) is 14.3. The van der Waals surface area contributed by atoms with Gasteiger partial charge in [0.05, 0.1) is 6.61 Å². The van der Waals surface area contributed by atoms with Crippen LogP contribution in [0.1, 0.15) is 24.8 Å². The Morgan fingerprint density at radius 3 is 2.75 bits per heavy atom. The van der Waals surface area contributed by atoms with Crippen molar-refractivity contribution < 1.29 is 4.74 Å². The lowest BCUT2D eigenvalue weighted by atomic mass is 9.95. The summed E-state index contributed by atoms with van der Waals surface area (Å²) in [4.78, 5) is 2.12. The molecule has 1 aliphatic rings. The van der Waals surface area contributed by atoms with Gasteiger partial charge in [0, 0.05) is 29.5 Å². The maximum absolute atomic E-state index is 6.06. The van der Waals surface area contributed by atoms with Gasteiger partial charge in [-0.3, -0.25) is 0 Å². The van der Waals surface area contributed by atoms with Gasteiger partial charge in [-0.15, -0.1) is 0 Å². The van der Waals surface area contributed by atoms with Crippen LogP contribution in [0, 0.1) is 0 Å². The molecule has 1 atom stereocenters.